The summed E-state index contributed by atoms with van der Waals surface area (Å²) in [5.41, 5.74) is 1.15. The van der Waals surface area contributed by atoms with Gasteiger partial charge < -0.3 is 15.1 Å². The zero-order valence-corrected chi connectivity index (χ0v) is 9.02. The molecular formula is C11H13NO2S. The second kappa shape index (κ2) is 3.40. The number of para-hydroxylation sites is 1. The minimum atomic E-state index is -0.609. The van der Waals surface area contributed by atoms with Crippen LogP contribution in [0.3, 0.4) is 0 Å². The summed E-state index contributed by atoms with van der Waals surface area (Å²) in [4.78, 5) is 3.37. The summed E-state index contributed by atoms with van der Waals surface area (Å²) in [5.74, 6) is 0.856. The molecule has 4 heteroatoms. The first kappa shape index (κ1) is 9.51. The molecule has 0 bridgehead atoms. The molecule has 0 amide bonds. The van der Waals surface area contributed by atoms with E-state index in [1.807, 2.05) is 12.1 Å². The monoisotopic (exact) mass is 223 g/mol. The molecule has 2 aliphatic heterocycles. The van der Waals surface area contributed by atoms with Gasteiger partial charge in [0, 0.05) is 17.2 Å². The van der Waals surface area contributed by atoms with Gasteiger partial charge in [-0.15, -0.1) is 11.8 Å². The molecule has 80 valence electrons. The Kier molecular flexibility index (Phi) is 2.16. The van der Waals surface area contributed by atoms with Crippen LogP contribution in [0.2, 0.25) is 0 Å². The molecule has 2 N–H and O–H groups in total. The smallest absolute Gasteiger partial charge is 0.103 e. The van der Waals surface area contributed by atoms with E-state index in [9.17, 15) is 10.2 Å². The normalized spacial score (nSPS) is 33.7. The Morgan fingerprint density at radius 1 is 1.27 bits per heavy atom. The Morgan fingerprint density at radius 2 is 2.07 bits per heavy atom. The van der Waals surface area contributed by atoms with E-state index in [0.29, 0.717) is 6.54 Å². The Balaban J connectivity index is 2.01. The average molecular weight is 223 g/mol. The van der Waals surface area contributed by atoms with Crippen LogP contribution < -0.4 is 4.90 Å². The summed E-state index contributed by atoms with van der Waals surface area (Å²) in [6.45, 7) is 0.545. The van der Waals surface area contributed by atoms with Crippen LogP contribution in [0.25, 0.3) is 0 Å². The molecule has 1 aromatic rings. The predicted octanol–water partition coefficient (Wildman–Crippen LogP) is 0.703. The topological polar surface area (TPSA) is 43.7 Å². The van der Waals surface area contributed by atoms with Crippen molar-refractivity contribution in [2.24, 2.45) is 0 Å². The highest BCUT2D eigenvalue weighted by atomic mass is 32.2. The number of fused-ring (bicyclic) bond motifs is 3. The second-order valence-electron chi connectivity index (χ2n) is 4.06. The van der Waals surface area contributed by atoms with Gasteiger partial charge in [-0.25, -0.2) is 0 Å². The van der Waals surface area contributed by atoms with Crippen molar-refractivity contribution < 1.29 is 10.2 Å². The second-order valence-corrected chi connectivity index (χ2v) is 5.12. The molecule has 1 unspecified atom stereocenters. The maximum Gasteiger partial charge on any atom is 0.103 e. The van der Waals surface area contributed by atoms with E-state index in [-0.39, 0.29) is 6.04 Å². The van der Waals surface area contributed by atoms with Crippen molar-refractivity contribution in [2.75, 3.05) is 17.2 Å². The van der Waals surface area contributed by atoms with Crippen molar-refractivity contribution in [3.05, 3.63) is 24.3 Å². The molecule has 3 nitrogen and oxygen atoms in total. The molecule has 2 aliphatic rings. The molecule has 15 heavy (non-hydrogen) atoms. The van der Waals surface area contributed by atoms with Crippen LogP contribution in [0.5, 0.6) is 0 Å². The third kappa shape index (κ3) is 1.36. The lowest BCUT2D eigenvalue weighted by molar-refractivity contribution is 0.0445. The molecule has 2 heterocycles. The number of aliphatic hydroxyl groups is 2. The first-order valence-corrected chi connectivity index (χ1v) is 6.10. The number of rotatable bonds is 0. The Morgan fingerprint density at radius 3 is 2.93 bits per heavy atom. The number of aliphatic hydroxyl groups excluding tert-OH is 2. The van der Waals surface area contributed by atoms with Gasteiger partial charge in [0.25, 0.3) is 0 Å². The molecule has 0 aliphatic carbocycles. The minimum Gasteiger partial charge on any atom is -0.388 e. The van der Waals surface area contributed by atoms with E-state index in [0.717, 1.165) is 11.4 Å². The van der Waals surface area contributed by atoms with Crippen molar-refractivity contribution in [1.82, 2.24) is 0 Å². The van der Waals surface area contributed by atoms with Crippen molar-refractivity contribution in [3.63, 3.8) is 0 Å². The molecule has 1 saturated heterocycles. The largest absolute Gasteiger partial charge is 0.388 e. The predicted molar refractivity (Wildman–Crippen MR) is 60.3 cm³/mol. The maximum absolute atomic E-state index is 9.81. The van der Waals surface area contributed by atoms with Crippen LogP contribution in [-0.4, -0.2) is 40.8 Å². The van der Waals surface area contributed by atoms with Gasteiger partial charge in [-0.3, -0.25) is 0 Å². The third-order valence-electron chi connectivity index (χ3n) is 3.16. The molecule has 0 radical (unpaired) electrons. The fourth-order valence-electron chi connectivity index (χ4n) is 2.34. The van der Waals surface area contributed by atoms with Crippen LogP contribution in [-0.2, 0) is 0 Å². The molecule has 0 spiro atoms. The number of hydrogen-bond donors (Lipinski definition) is 2. The summed E-state index contributed by atoms with van der Waals surface area (Å²) < 4.78 is 0. The van der Waals surface area contributed by atoms with Crippen LogP contribution in [0, 0.1) is 0 Å². The Hall–Kier alpha value is -0.710. The number of benzene rings is 1. The van der Waals surface area contributed by atoms with E-state index in [1.54, 1.807) is 11.8 Å². The van der Waals surface area contributed by atoms with Gasteiger partial charge in [-0.05, 0) is 12.1 Å². The molecule has 0 saturated carbocycles. The molecular weight excluding hydrogens is 210 g/mol. The molecule has 1 fully saturated rings. The molecule has 3 atom stereocenters. The van der Waals surface area contributed by atoms with Gasteiger partial charge in [0.05, 0.1) is 17.8 Å². The first-order chi connectivity index (χ1) is 7.27. The summed E-state index contributed by atoms with van der Waals surface area (Å²) >= 11 is 1.76. The molecule has 3 rings (SSSR count). The fraction of sp³-hybridized carbons (Fsp3) is 0.455. The van der Waals surface area contributed by atoms with E-state index in [4.69, 9.17) is 0 Å². The van der Waals surface area contributed by atoms with E-state index in [2.05, 4.69) is 17.0 Å². The highest BCUT2D eigenvalue weighted by Gasteiger charge is 2.42. The lowest BCUT2D eigenvalue weighted by atomic mass is 10.1. The quantitative estimate of drug-likeness (QED) is 0.679. The number of nitrogens with zero attached hydrogens (tertiary/aromatic N) is 1. The minimum absolute atomic E-state index is 0.0694. The standard InChI is InChI=1S/C11H13NO2S/c13-9-5-12-7-3-1-2-4-10(7)15-6-8(12)11(9)14/h1-4,8-9,11,13-14H,5-6H2/t8?,9-,11+/m0/s1. The number of thioether (sulfide) groups is 1. The first-order valence-electron chi connectivity index (χ1n) is 5.12. The zero-order chi connectivity index (χ0) is 10.4. The highest BCUT2D eigenvalue weighted by Crippen LogP contribution is 2.40. The zero-order valence-electron chi connectivity index (χ0n) is 8.21. The van der Waals surface area contributed by atoms with Crippen LogP contribution in [0.4, 0.5) is 5.69 Å². The van der Waals surface area contributed by atoms with Crippen molar-refractivity contribution in [1.29, 1.82) is 0 Å². The summed E-state index contributed by atoms with van der Waals surface area (Å²) in [5, 5.41) is 19.5. The Bertz CT molecular complexity index is 385. The van der Waals surface area contributed by atoms with Gasteiger partial charge in [-0.2, -0.15) is 0 Å². The lowest BCUT2D eigenvalue weighted by Crippen LogP contribution is -2.40. The van der Waals surface area contributed by atoms with Crippen LogP contribution in [0.1, 0.15) is 0 Å². The van der Waals surface area contributed by atoms with Crippen molar-refractivity contribution >= 4 is 17.4 Å². The Labute approximate surface area is 92.7 Å². The van der Waals surface area contributed by atoms with E-state index >= 15 is 0 Å². The van der Waals surface area contributed by atoms with Gasteiger partial charge in [-0.1, -0.05) is 12.1 Å². The summed E-state index contributed by atoms with van der Waals surface area (Å²) in [6, 6.07) is 8.24. The van der Waals surface area contributed by atoms with Gasteiger partial charge >= 0.3 is 0 Å². The fourth-order valence-corrected chi connectivity index (χ4v) is 3.58. The van der Waals surface area contributed by atoms with Gasteiger partial charge in [0.1, 0.15) is 6.10 Å². The van der Waals surface area contributed by atoms with Crippen LogP contribution in [0.15, 0.2) is 29.2 Å². The van der Waals surface area contributed by atoms with Crippen LogP contribution >= 0.6 is 11.8 Å². The number of anilines is 1. The average Bonchev–Trinajstić information content (AvgIpc) is 2.56. The van der Waals surface area contributed by atoms with Crippen molar-refractivity contribution in [2.45, 2.75) is 23.1 Å². The van der Waals surface area contributed by atoms with Gasteiger partial charge in [0.2, 0.25) is 0 Å². The number of hydrogen-bond acceptors (Lipinski definition) is 4. The molecule has 1 aromatic carbocycles. The summed E-state index contributed by atoms with van der Waals surface area (Å²) in [7, 11) is 0. The van der Waals surface area contributed by atoms with E-state index < -0.39 is 12.2 Å². The lowest BCUT2D eigenvalue weighted by Gasteiger charge is -2.33. The van der Waals surface area contributed by atoms with Crippen molar-refractivity contribution in [3.8, 4) is 0 Å². The summed E-state index contributed by atoms with van der Waals surface area (Å²) in [6.07, 6.45) is -1.22. The SMILES string of the molecule is O[C@@H]1C2CSc3ccccc3N2C[C@@H]1O. The highest BCUT2D eigenvalue weighted by molar-refractivity contribution is 7.99. The van der Waals surface area contributed by atoms with E-state index in [1.165, 1.54) is 4.90 Å². The van der Waals surface area contributed by atoms with Gasteiger partial charge in [0.15, 0.2) is 0 Å². The third-order valence-corrected chi connectivity index (χ3v) is 4.32. The molecule has 0 aromatic heterocycles. The maximum atomic E-state index is 9.81.